The maximum atomic E-state index is 12.5. The summed E-state index contributed by atoms with van der Waals surface area (Å²) < 4.78 is 0. The number of aliphatic hydroxyl groups excluding tert-OH is 1. The minimum absolute atomic E-state index is 0.0957. The second-order valence-corrected chi connectivity index (χ2v) is 4.82. The monoisotopic (exact) mass is 297 g/mol. The smallest absolute Gasteiger partial charge is 0.257 e. The Kier molecular flexibility index (Phi) is 5.38. The van der Waals surface area contributed by atoms with Gasteiger partial charge in [-0.05, 0) is 6.92 Å². The third kappa shape index (κ3) is 3.56. The molecule has 0 aliphatic heterocycles. The largest absolute Gasteiger partial charge is 0.395 e. The maximum Gasteiger partial charge on any atom is 0.257 e. The highest BCUT2D eigenvalue weighted by Crippen LogP contribution is 2.16. The van der Waals surface area contributed by atoms with Crippen LogP contribution >= 0.6 is 0 Å². The van der Waals surface area contributed by atoms with Crippen LogP contribution in [-0.4, -0.2) is 45.6 Å². The van der Waals surface area contributed by atoms with Crippen LogP contribution in [0.15, 0.2) is 49.2 Å². The van der Waals surface area contributed by atoms with Gasteiger partial charge >= 0.3 is 0 Å². The zero-order valence-corrected chi connectivity index (χ0v) is 12.6. The van der Waals surface area contributed by atoms with Crippen molar-refractivity contribution in [1.82, 2.24) is 14.9 Å². The minimum Gasteiger partial charge on any atom is -0.395 e. The fourth-order valence-corrected chi connectivity index (χ4v) is 2.13. The second-order valence-electron chi connectivity index (χ2n) is 4.82. The number of aliphatic hydroxyl groups is 1. The van der Waals surface area contributed by atoms with E-state index in [1.54, 1.807) is 19.2 Å². The van der Waals surface area contributed by atoms with Crippen LogP contribution in [0.4, 0.5) is 0 Å². The lowest BCUT2D eigenvalue weighted by Crippen LogP contribution is -2.34. The van der Waals surface area contributed by atoms with Crippen LogP contribution < -0.4 is 0 Å². The highest BCUT2D eigenvalue weighted by molar-refractivity contribution is 5.95. The van der Waals surface area contributed by atoms with E-state index in [0.29, 0.717) is 23.6 Å². The van der Waals surface area contributed by atoms with Crippen molar-refractivity contribution in [2.75, 3.05) is 19.7 Å². The van der Waals surface area contributed by atoms with Gasteiger partial charge in [-0.1, -0.05) is 36.4 Å². The summed E-state index contributed by atoms with van der Waals surface area (Å²) in [4.78, 5) is 22.7. The van der Waals surface area contributed by atoms with Crippen LogP contribution in [-0.2, 0) is 0 Å². The number of carbonyl (C=O) groups is 1. The van der Waals surface area contributed by atoms with E-state index in [2.05, 4.69) is 16.5 Å². The predicted molar refractivity (Wildman–Crippen MR) is 85.4 cm³/mol. The Hall–Kier alpha value is -2.53. The quantitative estimate of drug-likeness (QED) is 0.829. The maximum absolute atomic E-state index is 12.5. The van der Waals surface area contributed by atoms with Gasteiger partial charge in [0.05, 0.1) is 17.9 Å². The molecular formula is C17H19N3O2. The highest BCUT2D eigenvalue weighted by atomic mass is 16.3. The molecule has 0 aliphatic rings. The fourth-order valence-electron chi connectivity index (χ4n) is 2.13. The van der Waals surface area contributed by atoms with Gasteiger partial charge in [0, 0.05) is 24.8 Å². The van der Waals surface area contributed by atoms with Crippen molar-refractivity contribution in [2.24, 2.45) is 0 Å². The number of amides is 1. The Morgan fingerprint density at radius 1 is 1.36 bits per heavy atom. The molecule has 2 aromatic rings. The number of rotatable bonds is 6. The van der Waals surface area contributed by atoms with Crippen molar-refractivity contribution in [3.63, 3.8) is 0 Å². The van der Waals surface area contributed by atoms with Crippen molar-refractivity contribution in [1.29, 1.82) is 0 Å². The molecule has 0 aliphatic carbocycles. The molecule has 5 nitrogen and oxygen atoms in total. The van der Waals surface area contributed by atoms with E-state index in [1.807, 2.05) is 30.3 Å². The first-order valence-electron chi connectivity index (χ1n) is 7.07. The van der Waals surface area contributed by atoms with E-state index in [0.717, 1.165) is 5.56 Å². The van der Waals surface area contributed by atoms with Crippen LogP contribution in [0.1, 0.15) is 16.1 Å². The van der Waals surface area contributed by atoms with E-state index in [9.17, 15) is 4.79 Å². The number of benzene rings is 1. The third-order valence-electron chi connectivity index (χ3n) is 3.25. The molecule has 114 valence electrons. The zero-order chi connectivity index (χ0) is 15.9. The number of aryl methyl sites for hydroxylation is 1. The number of hydrogen-bond acceptors (Lipinski definition) is 4. The minimum atomic E-state index is -0.203. The Bertz CT molecular complexity index is 656. The molecule has 0 fully saturated rings. The standard InChI is InChI=1S/C17H19N3O2/c1-3-9-20(10-11-21)17(22)15-12-18-16(19-13(15)2)14-7-5-4-6-8-14/h3-8,12,21H,1,9-11H2,2H3. The second kappa shape index (κ2) is 7.47. The summed E-state index contributed by atoms with van der Waals surface area (Å²) in [7, 11) is 0. The molecule has 1 heterocycles. The number of aromatic nitrogens is 2. The molecule has 1 amide bonds. The molecule has 1 N–H and O–H groups in total. The van der Waals surface area contributed by atoms with Gasteiger partial charge in [-0.2, -0.15) is 0 Å². The van der Waals surface area contributed by atoms with Crippen molar-refractivity contribution in [2.45, 2.75) is 6.92 Å². The Morgan fingerprint density at radius 2 is 2.09 bits per heavy atom. The lowest BCUT2D eigenvalue weighted by atomic mass is 10.1. The van der Waals surface area contributed by atoms with Gasteiger partial charge in [0.1, 0.15) is 0 Å². The van der Waals surface area contributed by atoms with Gasteiger partial charge in [-0.3, -0.25) is 4.79 Å². The van der Waals surface area contributed by atoms with Crippen LogP contribution in [0, 0.1) is 6.92 Å². The van der Waals surface area contributed by atoms with Gasteiger partial charge in [-0.15, -0.1) is 6.58 Å². The summed E-state index contributed by atoms with van der Waals surface area (Å²) in [6.07, 6.45) is 3.17. The number of nitrogens with zero attached hydrogens (tertiary/aromatic N) is 3. The summed E-state index contributed by atoms with van der Waals surface area (Å²) in [5.41, 5.74) is 1.96. The summed E-state index contributed by atoms with van der Waals surface area (Å²) >= 11 is 0. The number of carbonyl (C=O) groups excluding carboxylic acids is 1. The predicted octanol–water partition coefficient (Wildman–Crippen LogP) is 2.07. The first-order valence-corrected chi connectivity index (χ1v) is 7.07. The fraction of sp³-hybridized carbons (Fsp3) is 0.235. The lowest BCUT2D eigenvalue weighted by molar-refractivity contribution is 0.0741. The Labute approximate surface area is 130 Å². The molecule has 0 bridgehead atoms. The topological polar surface area (TPSA) is 66.3 Å². The molecule has 0 radical (unpaired) electrons. The first-order chi connectivity index (χ1) is 10.7. The van der Waals surface area contributed by atoms with Crippen molar-refractivity contribution >= 4 is 5.91 Å². The molecule has 0 unspecified atom stereocenters. The molecule has 22 heavy (non-hydrogen) atoms. The molecule has 0 saturated carbocycles. The Balaban J connectivity index is 2.29. The van der Waals surface area contributed by atoms with E-state index in [1.165, 1.54) is 4.90 Å². The van der Waals surface area contributed by atoms with Crippen molar-refractivity contribution < 1.29 is 9.90 Å². The summed E-state index contributed by atoms with van der Waals surface area (Å²) in [6.45, 7) is 5.95. The summed E-state index contributed by atoms with van der Waals surface area (Å²) in [6, 6.07) is 9.61. The van der Waals surface area contributed by atoms with Crippen molar-refractivity contribution in [3.05, 3.63) is 60.4 Å². The number of hydrogen-bond donors (Lipinski definition) is 1. The lowest BCUT2D eigenvalue weighted by Gasteiger charge is -2.20. The van der Waals surface area contributed by atoms with E-state index in [4.69, 9.17) is 5.11 Å². The summed E-state index contributed by atoms with van der Waals surface area (Å²) in [5.74, 6) is 0.387. The van der Waals surface area contributed by atoms with Gasteiger partial charge in [0.25, 0.3) is 5.91 Å². The van der Waals surface area contributed by atoms with Gasteiger partial charge in [-0.25, -0.2) is 9.97 Å². The molecule has 1 aromatic carbocycles. The first kappa shape index (κ1) is 15.9. The van der Waals surface area contributed by atoms with Crippen LogP contribution in [0.3, 0.4) is 0 Å². The highest BCUT2D eigenvalue weighted by Gasteiger charge is 2.18. The average Bonchev–Trinajstić information content (AvgIpc) is 2.55. The van der Waals surface area contributed by atoms with Gasteiger partial charge in [0.15, 0.2) is 5.82 Å². The molecule has 2 rings (SSSR count). The Morgan fingerprint density at radius 3 is 2.68 bits per heavy atom. The van der Waals surface area contributed by atoms with Gasteiger partial charge in [0.2, 0.25) is 0 Å². The molecule has 0 atom stereocenters. The van der Waals surface area contributed by atoms with Gasteiger partial charge < -0.3 is 10.0 Å². The van der Waals surface area contributed by atoms with Crippen molar-refractivity contribution in [3.8, 4) is 11.4 Å². The van der Waals surface area contributed by atoms with E-state index >= 15 is 0 Å². The molecule has 1 aromatic heterocycles. The third-order valence-corrected chi connectivity index (χ3v) is 3.25. The average molecular weight is 297 g/mol. The van der Waals surface area contributed by atoms with E-state index < -0.39 is 0 Å². The van der Waals surface area contributed by atoms with Crippen LogP contribution in [0.2, 0.25) is 0 Å². The SMILES string of the molecule is C=CCN(CCO)C(=O)c1cnc(-c2ccccc2)nc1C. The molecular weight excluding hydrogens is 278 g/mol. The molecule has 5 heteroatoms. The zero-order valence-electron chi connectivity index (χ0n) is 12.6. The molecule has 0 spiro atoms. The summed E-state index contributed by atoms with van der Waals surface area (Å²) in [5, 5.41) is 9.06. The van der Waals surface area contributed by atoms with Crippen LogP contribution in [0.5, 0.6) is 0 Å². The van der Waals surface area contributed by atoms with Crippen LogP contribution in [0.25, 0.3) is 11.4 Å². The molecule has 0 saturated heterocycles. The van der Waals surface area contributed by atoms with E-state index in [-0.39, 0.29) is 19.1 Å². The normalized spacial score (nSPS) is 10.3.